The van der Waals surface area contributed by atoms with Crippen molar-refractivity contribution in [2.75, 3.05) is 6.54 Å². The van der Waals surface area contributed by atoms with Crippen molar-refractivity contribution >= 4 is 0 Å². The van der Waals surface area contributed by atoms with Crippen LogP contribution in [0.15, 0.2) is 18.2 Å². The molecule has 1 aliphatic rings. The molecule has 1 unspecified atom stereocenters. The second-order valence-corrected chi connectivity index (χ2v) is 4.81. The van der Waals surface area contributed by atoms with Gasteiger partial charge in [0, 0.05) is 11.6 Å². The topological polar surface area (TPSA) is 12.0 Å². The summed E-state index contributed by atoms with van der Waals surface area (Å²) in [6.45, 7) is 4.90. The van der Waals surface area contributed by atoms with Gasteiger partial charge in [-0.25, -0.2) is 4.39 Å². The van der Waals surface area contributed by atoms with Gasteiger partial charge in [0.05, 0.1) is 0 Å². The summed E-state index contributed by atoms with van der Waals surface area (Å²) in [5.41, 5.74) is 1.82. The van der Waals surface area contributed by atoms with Crippen LogP contribution in [-0.4, -0.2) is 6.54 Å². The molecule has 2 rings (SSSR count). The third kappa shape index (κ3) is 2.82. The Morgan fingerprint density at radius 2 is 2.19 bits per heavy atom. The summed E-state index contributed by atoms with van der Waals surface area (Å²) in [7, 11) is 0. The van der Waals surface area contributed by atoms with Gasteiger partial charge in [-0.2, -0.15) is 0 Å². The summed E-state index contributed by atoms with van der Waals surface area (Å²) in [5, 5.41) is 3.39. The second kappa shape index (κ2) is 4.96. The monoisotopic (exact) mass is 221 g/mol. The molecule has 2 heteroatoms. The van der Waals surface area contributed by atoms with E-state index in [1.165, 1.54) is 12.8 Å². The van der Waals surface area contributed by atoms with Gasteiger partial charge in [0.1, 0.15) is 5.82 Å². The number of benzene rings is 1. The van der Waals surface area contributed by atoms with Crippen LogP contribution in [-0.2, 0) is 0 Å². The fourth-order valence-electron chi connectivity index (χ4n) is 2.17. The van der Waals surface area contributed by atoms with Gasteiger partial charge in [0.15, 0.2) is 0 Å². The molecule has 1 aliphatic carbocycles. The van der Waals surface area contributed by atoms with E-state index in [-0.39, 0.29) is 11.9 Å². The fraction of sp³-hybridized carbons (Fsp3) is 0.571. The molecular formula is C14H20FN. The standard InChI is InChI=1S/C14H20FN/c1-3-16-14(9-11-5-6-11)12-7-4-10(2)8-13(12)15/h4,7-8,11,14,16H,3,5-6,9H2,1-2H3. The van der Waals surface area contributed by atoms with Gasteiger partial charge >= 0.3 is 0 Å². The van der Waals surface area contributed by atoms with Crippen molar-refractivity contribution in [1.82, 2.24) is 5.32 Å². The van der Waals surface area contributed by atoms with Crippen LogP contribution < -0.4 is 5.32 Å². The number of rotatable bonds is 5. The van der Waals surface area contributed by atoms with Crippen LogP contribution in [0.4, 0.5) is 4.39 Å². The van der Waals surface area contributed by atoms with Gasteiger partial charge in [-0.05, 0) is 37.4 Å². The van der Waals surface area contributed by atoms with Crippen molar-refractivity contribution in [3.8, 4) is 0 Å². The van der Waals surface area contributed by atoms with E-state index in [4.69, 9.17) is 0 Å². The molecule has 0 saturated heterocycles. The molecule has 0 aliphatic heterocycles. The predicted octanol–water partition coefficient (Wildman–Crippen LogP) is 3.58. The van der Waals surface area contributed by atoms with Crippen LogP contribution in [0.2, 0.25) is 0 Å². The van der Waals surface area contributed by atoms with Gasteiger partial charge in [-0.15, -0.1) is 0 Å². The summed E-state index contributed by atoms with van der Waals surface area (Å²) in [6.07, 6.45) is 3.71. The minimum atomic E-state index is -0.0633. The maximum absolute atomic E-state index is 13.9. The summed E-state index contributed by atoms with van der Waals surface area (Å²) in [5.74, 6) is 0.747. The average Bonchev–Trinajstić information content (AvgIpc) is 3.01. The second-order valence-electron chi connectivity index (χ2n) is 4.81. The normalized spacial score (nSPS) is 17.4. The highest BCUT2D eigenvalue weighted by atomic mass is 19.1. The third-order valence-electron chi connectivity index (χ3n) is 3.25. The highest BCUT2D eigenvalue weighted by molar-refractivity contribution is 5.26. The summed E-state index contributed by atoms with van der Waals surface area (Å²) >= 11 is 0. The van der Waals surface area contributed by atoms with Crippen LogP contribution in [0.1, 0.15) is 43.4 Å². The van der Waals surface area contributed by atoms with Crippen molar-refractivity contribution in [2.24, 2.45) is 5.92 Å². The van der Waals surface area contributed by atoms with Crippen LogP contribution in [0, 0.1) is 18.7 Å². The molecule has 0 amide bonds. The Kier molecular flexibility index (Phi) is 3.59. The lowest BCUT2D eigenvalue weighted by Gasteiger charge is -2.19. The van der Waals surface area contributed by atoms with E-state index < -0.39 is 0 Å². The number of nitrogens with one attached hydrogen (secondary N) is 1. The molecule has 0 aromatic heterocycles. The SMILES string of the molecule is CCNC(CC1CC1)c1ccc(C)cc1F. The first-order valence-electron chi connectivity index (χ1n) is 6.20. The summed E-state index contributed by atoms with van der Waals surface area (Å²) in [6, 6.07) is 5.75. The van der Waals surface area contributed by atoms with E-state index in [1.54, 1.807) is 6.07 Å². The lowest BCUT2D eigenvalue weighted by atomic mass is 9.99. The highest BCUT2D eigenvalue weighted by Crippen LogP contribution is 2.38. The quantitative estimate of drug-likeness (QED) is 0.801. The largest absolute Gasteiger partial charge is 0.310 e. The van der Waals surface area contributed by atoms with Crippen molar-refractivity contribution in [2.45, 2.75) is 39.2 Å². The zero-order valence-electron chi connectivity index (χ0n) is 10.1. The Bertz CT molecular complexity index is 358. The van der Waals surface area contributed by atoms with E-state index in [0.29, 0.717) is 0 Å². The van der Waals surface area contributed by atoms with Crippen molar-refractivity contribution in [3.63, 3.8) is 0 Å². The third-order valence-corrected chi connectivity index (χ3v) is 3.25. The Balaban J connectivity index is 2.15. The van der Waals surface area contributed by atoms with Gasteiger partial charge in [0.25, 0.3) is 0 Å². The molecule has 1 aromatic carbocycles. The van der Waals surface area contributed by atoms with Crippen LogP contribution in [0.5, 0.6) is 0 Å². The lowest BCUT2D eigenvalue weighted by Crippen LogP contribution is -2.22. The molecule has 1 atom stereocenters. The van der Waals surface area contributed by atoms with E-state index in [2.05, 4.69) is 12.2 Å². The first kappa shape index (κ1) is 11.6. The van der Waals surface area contributed by atoms with Gasteiger partial charge in [-0.1, -0.05) is 31.9 Å². The fourth-order valence-corrected chi connectivity index (χ4v) is 2.17. The van der Waals surface area contributed by atoms with Crippen molar-refractivity contribution in [3.05, 3.63) is 35.1 Å². The lowest BCUT2D eigenvalue weighted by molar-refractivity contribution is 0.463. The Labute approximate surface area is 97.1 Å². The maximum Gasteiger partial charge on any atom is 0.128 e. The number of hydrogen-bond acceptors (Lipinski definition) is 1. The van der Waals surface area contributed by atoms with Gasteiger partial charge in [-0.3, -0.25) is 0 Å². The van der Waals surface area contributed by atoms with Crippen LogP contribution in [0.25, 0.3) is 0 Å². The maximum atomic E-state index is 13.9. The van der Waals surface area contributed by atoms with Crippen LogP contribution >= 0.6 is 0 Å². The minimum absolute atomic E-state index is 0.0633. The summed E-state index contributed by atoms with van der Waals surface area (Å²) < 4.78 is 13.9. The first-order valence-corrected chi connectivity index (χ1v) is 6.20. The molecule has 88 valence electrons. The number of hydrogen-bond donors (Lipinski definition) is 1. The Hall–Kier alpha value is -0.890. The summed E-state index contributed by atoms with van der Waals surface area (Å²) in [4.78, 5) is 0. The van der Waals surface area contributed by atoms with Crippen molar-refractivity contribution in [1.29, 1.82) is 0 Å². The molecule has 0 radical (unpaired) electrons. The molecule has 0 spiro atoms. The zero-order chi connectivity index (χ0) is 11.5. The molecular weight excluding hydrogens is 201 g/mol. The molecule has 1 aromatic rings. The Morgan fingerprint density at radius 1 is 1.44 bits per heavy atom. The van der Waals surface area contributed by atoms with Crippen LogP contribution in [0.3, 0.4) is 0 Å². The zero-order valence-corrected chi connectivity index (χ0v) is 10.1. The van der Waals surface area contributed by atoms with E-state index in [9.17, 15) is 4.39 Å². The number of aryl methyl sites for hydroxylation is 1. The van der Waals surface area contributed by atoms with Gasteiger partial charge < -0.3 is 5.32 Å². The smallest absolute Gasteiger partial charge is 0.128 e. The first-order chi connectivity index (χ1) is 7.70. The molecule has 1 N–H and O–H groups in total. The molecule has 1 saturated carbocycles. The predicted molar refractivity (Wildman–Crippen MR) is 64.9 cm³/mol. The Morgan fingerprint density at radius 3 is 2.75 bits per heavy atom. The molecule has 0 bridgehead atoms. The molecule has 16 heavy (non-hydrogen) atoms. The minimum Gasteiger partial charge on any atom is -0.310 e. The van der Waals surface area contributed by atoms with Crippen molar-refractivity contribution < 1.29 is 4.39 Å². The van der Waals surface area contributed by atoms with E-state index in [1.807, 2.05) is 19.1 Å². The molecule has 1 nitrogen and oxygen atoms in total. The number of halogens is 1. The highest BCUT2D eigenvalue weighted by Gasteiger charge is 2.27. The van der Waals surface area contributed by atoms with E-state index in [0.717, 1.165) is 30.0 Å². The van der Waals surface area contributed by atoms with E-state index >= 15 is 0 Å². The average molecular weight is 221 g/mol. The molecule has 1 fully saturated rings. The molecule has 0 heterocycles. The van der Waals surface area contributed by atoms with Gasteiger partial charge in [0.2, 0.25) is 0 Å².